The van der Waals surface area contributed by atoms with Crippen LogP contribution in [-0.4, -0.2) is 20.0 Å². The fourth-order valence-electron chi connectivity index (χ4n) is 2.65. The second-order valence-electron chi connectivity index (χ2n) is 6.79. The van der Waals surface area contributed by atoms with E-state index in [1.54, 1.807) is 61.6 Å². The van der Waals surface area contributed by atoms with E-state index in [9.17, 15) is 13.2 Å². The number of para-hydroxylation sites is 1. The van der Waals surface area contributed by atoms with Crippen molar-refractivity contribution in [3.05, 3.63) is 96.2 Å². The number of hydrogen-bond acceptors (Lipinski definition) is 4. The zero-order valence-corrected chi connectivity index (χ0v) is 16.9. The Morgan fingerprint density at radius 1 is 0.966 bits per heavy atom. The lowest BCUT2D eigenvalue weighted by Gasteiger charge is -2.21. The summed E-state index contributed by atoms with van der Waals surface area (Å²) < 4.78 is 30.7. The topological polar surface area (TPSA) is 84.5 Å². The van der Waals surface area contributed by atoms with Gasteiger partial charge in [0.15, 0.2) is 0 Å². The van der Waals surface area contributed by atoms with E-state index in [2.05, 4.69) is 10.6 Å². The van der Waals surface area contributed by atoms with E-state index in [0.717, 1.165) is 5.56 Å². The number of carbonyl (C=O) groups excluding carboxylic acids is 1. The quantitative estimate of drug-likeness (QED) is 0.720. The first-order valence-corrected chi connectivity index (χ1v) is 10.4. The third kappa shape index (κ3) is 5.66. The maximum Gasteiger partial charge on any atom is 0.323 e. The summed E-state index contributed by atoms with van der Waals surface area (Å²) in [6.45, 7) is 3.51. The zero-order valence-electron chi connectivity index (χ0n) is 16.1. The number of rotatable bonds is 5. The smallest absolute Gasteiger partial charge is 0.308 e. The van der Waals surface area contributed by atoms with E-state index in [1.165, 1.54) is 12.1 Å². The van der Waals surface area contributed by atoms with Crippen LogP contribution in [0.25, 0.3) is 0 Å². The van der Waals surface area contributed by atoms with E-state index in [4.69, 9.17) is 4.18 Å². The molecule has 1 atom stereocenters. The number of amides is 2. The van der Waals surface area contributed by atoms with Gasteiger partial charge in [-0.3, -0.25) is 4.18 Å². The Morgan fingerprint density at radius 2 is 1.66 bits per heavy atom. The fraction of sp³-hybridized carbons (Fsp3) is 0.136. The first kappa shape index (κ1) is 20.6. The van der Waals surface area contributed by atoms with Crippen LogP contribution in [0.3, 0.4) is 0 Å². The van der Waals surface area contributed by atoms with Crippen LogP contribution in [-0.2, 0) is 14.3 Å². The molecule has 2 N–H and O–H groups in total. The molecule has 6 nitrogen and oxygen atoms in total. The SMILES string of the molecule is Cc1ccc(S(=O)(=O)OC2(C)C=CC=C(NC(=O)Nc3ccccc3)C=C2)cc1. The molecule has 0 radical (unpaired) electrons. The average molecular weight is 410 g/mol. The summed E-state index contributed by atoms with van der Waals surface area (Å²) in [5.74, 6) is 0. The zero-order chi connectivity index (χ0) is 20.9. The van der Waals surface area contributed by atoms with Gasteiger partial charge < -0.3 is 10.6 Å². The van der Waals surface area contributed by atoms with E-state index >= 15 is 0 Å². The molecule has 0 spiro atoms. The van der Waals surface area contributed by atoms with Gasteiger partial charge in [-0.1, -0.05) is 42.0 Å². The maximum absolute atomic E-state index is 12.6. The van der Waals surface area contributed by atoms with Crippen molar-refractivity contribution >= 4 is 21.8 Å². The first-order valence-electron chi connectivity index (χ1n) is 9.00. The minimum atomic E-state index is -3.96. The number of nitrogens with one attached hydrogen (secondary N) is 2. The summed E-state index contributed by atoms with van der Waals surface area (Å²) in [5.41, 5.74) is 0.920. The average Bonchev–Trinajstić information content (AvgIpc) is 2.84. The molecule has 29 heavy (non-hydrogen) atoms. The molecule has 0 aromatic heterocycles. The Labute approximate surface area is 170 Å². The van der Waals surface area contributed by atoms with Crippen LogP contribution in [0.4, 0.5) is 10.5 Å². The Hall–Kier alpha value is -3.16. The van der Waals surface area contributed by atoms with E-state index < -0.39 is 21.8 Å². The normalized spacial score (nSPS) is 18.6. The summed E-state index contributed by atoms with van der Waals surface area (Å²) in [4.78, 5) is 12.2. The summed E-state index contributed by atoms with van der Waals surface area (Å²) in [6, 6.07) is 15.1. The largest absolute Gasteiger partial charge is 0.323 e. The predicted octanol–water partition coefficient (Wildman–Crippen LogP) is 4.29. The Kier molecular flexibility index (Phi) is 6.00. The maximum atomic E-state index is 12.6. The summed E-state index contributed by atoms with van der Waals surface area (Å²) in [7, 11) is -3.96. The molecule has 1 aliphatic rings. The lowest BCUT2D eigenvalue weighted by Crippen LogP contribution is -2.28. The molecule has 0 bridgehead atoms. The molecule has 1 unspecified atom stereocenters. The van der Waals surface area contributed by atoms with Crippen molar-refractivity contribution in [1.82, 2.24) is 5.32 Å². The molecular weight excluding hydrogens is 388 g/mol. The van der Waals surface area contributed by atoms with Crippen LogP contribution in [0, 0.1) is 6.92 Å². The fourth-order valence-corrected chi connectivity index (χ4v) is 3.80. The molecule has 1 aliphatic carbocycles. The molecule has 0 aliphatic heterocycles. The monoisotopic (exact) mass is 410 g/mol. The lowest BCUT2D eigenvalue weighted by molar-refractivity contribution is 0.201. The minimum Gasteiger partial charge on any atom is -0.308 e. The van der Waals surface area contributed by atoms with E-state index in [-0.39, 0.29) is 4.90 Å². The number of benzene rings is 2. The summed E-state index contributed by atoms with van der Waals surface area (Å²) in [5, 5.41) is 5.43. The van der Waals surface area contributed by atoms with Crippen molar-refractivity contribution in [3.8, 4) is 0 Å². The second-order valence-corrected chi connectivity index (χ2v) is 8.34. The van der Waals surface area contributed by atoms with Gasteiger partial charge in [0.1, 0.15) is 5.60 Å². The number of carbonyl (C=O) groups is 1. The van der Waals surface area contributed by atoms with Crippen molar-refractivity contribution in [2.45, 2.75) is 24.3 Å². The highest BCUT2D eigenvalue weighted by atomic mass is 32.2. The number of allylic oxidation sites excluding steroid dienone is 3. The second kappa shape index (κ2) is 8.46. The van der Waals surface area contributed by atoms with Crippen LogP contribution in [0.5, 0.6) is 0 Å². The van der Waals surface area contributed by atoms with Gasteiger partial charge in [0.2, 0.25) is 0 Å². The van der Waals surface area contributed by atoms with Crippen molar-refractivity contribution in [1.29, 1.82) is 0 Å². The van der Waals surface area contributed by atoms with Gasteiger partial charge in [0, 0.05) is 11.4 Å². The first-order chi connectivity index (χ1) is 13.8. The number of anilines is 1. The molecule has 3 rings (SSSR count). The van der Waals surface area contributed by atoms with Crippen LogP contribution >= 0.6 is 0 Å². The third-order valence-corrected chi connectivity index (χ3v) is 5.61. The van der Waals surface area contributed by atoms with Crippen LogP contribution in [0.1, 0.15) is 12.5 Å². The van der Waals surface area contributed by atoms with Crippen LogP contribution < -0.4 is 10.6 Å². The number of aryl methyl sites for hydroxylation is 1. The Morgan fingerprint density at radius 3 is 2.34 bits per heavy atom. The molecule has 2 aromatic rings. The van der Waals surface area contributed by atoms with Crippen molar-refractivity contribution < 1.29 is 17.4 Å². The lowest BCUT2D eigenvalue weighted by atomic mass is 10.1. The predicted molar refractivity (Wildman–Crippen MR) is 113 cm³/mol. The molecule has 7 heteroatoms. The van der Waals surface area contributed by atoms with Gasteiger partial charge in [-0.15, -0.1) is 0 Å². The van der Waals surface area contributed by atoms with Crippen molar-refractivity contribution in [2.75, 3.05) is 5.32 Å². The molecule has 2 amide bonds. The molecule has 0 saturated heterocycles. The van der Waals surface area contributed by atoms with Crippen LogP contribution in [0.2, 0.25) is 0 Å². The molecule has 0 saturated carbocycles. The Balaban J connectivity index is 1.67. The van der Waals surface area contributed by atoms with Gasteiger partial charge in [0.05, 0.1) is 4.90 Å². The Bertz CT molecular complexity index is 1070. The summed E-state index contributed by atoms with van der Waals surface area (Å²) in [6.07, 6.45) is 8.10. The van der Waals surface area contributed by atoms with E-state index in [1.807, 2.05) is 25.1 Å². The van der Waals surface area contributed by atoms with E-state index in [0.29, 0.717) is 11.4 Å². The molecular formula is C22H22N2O4S. The van der Waals surface area contributed by atoms with Crippen molar-refractivity contribution in [3.63, 3.8) is 0 Å². The van der Waals surface area contributed by atoms with Gasteiger partial charge >= 0.3 is 6.03 Å². The highest BCUT2D eigenvalue weighted by Crippen LogP contribution is 2.25. The van der Waals surface area contributed by atoms with Gasteiger partial charge in [0.25, 0.3) is 10.1 Å². The van der Waals surface area contributed by atoms with Gasteiger partial charge in [-0.25, -0.2) is 4.79 Å². The van der Waals surface area contributed by atoms with Gasteiger partial charge in [-0.05, 0) is 62.4 Å². The molecule has 2 aromatic carbocycles. The minimum absolute atomic E-state index is 0.0870. The third-order valence-electron chi connectivity index (χ3n) is 4.19. The molecule has 0 heterocycles. The van der Waals surface area contributed by atoms with Crippen LogP contribution in [0.15, 0.2) is 95.6 Å². The molecule has 150 valence electrons. The number of urea groups is 1. The highest BCUT2D eigenvalue weighted by Gasteiger charge is 2.28. The molecule has 0 fully saturated rings. The highest BCUT2D eigenvalue weighted by molar-refractivity contribution is 7.86. The standard InChI is InChI=1S/C22H22N2O4S/c1-17-10-12-20(13-11-17)29(26,27)28-22(2)15-6-9-19(14-16-22)24-21(25)23-18-7-4-3-5-8-18/h3-16H,1-2H3,(H2,23,24,25). The number of hydrogen-bond donors (Lipinski definition) is 2. The summed E-state index contributed by atoms with van der Waals surface area (Å²) >= 11 is 0. The van der Waals surface area contributed by atoms with Gasteiger partial charge in [-0.2, -0.15) is 8.42 Å². The van der Waals surface area contributed by atoms with Crippen molar-refractivity contribution in [2.24, 2.45) is 0 Å².